The van der Waals surface area contributed by atoms with E-state index in [1.807, 2.05) is 12.1 Å². The Morgan fingerprint density at radius 1 is 1.50 bits per heavy atom. The van der Waals surface area contributed by atoms with Crippen LogP contribution in [0.25, 0.3) is 11.2 Å². The fraction of sp³-hybridized carbons (Fsp3) is 0.500. The van der Waals surface area contributed by atoms with E-state index in [1.165, 1.54) is 24.3 Å². The number of hydrogen-bond donors (Lipinski definition) is 1. The molecular formula is C12H15N3S. The number of nitrogens with one attached hydrogen (secondary N) is 1. The second-order valence-corrected chi connectivity index (χ2v) is 5.50. The molecule has 3 nitrogen and oxygen atoms in total. The number of rotatable bonds is 2. The molecule has 0 saturated carbocycles. The molecule has 1 N–H and O–H groups in total. The molecule has 1 fully saturated rings. The number of aromatic amines is 1. The first-order valence-corrected chi connectivity index (χ1v) is 6.94. The molecule has 1 atom stereocenters. The Balaban J connectivity index is 1.78. The fourth-order valence-electron chi connectivity index (χ4n) is 2.23. The maximum atomic E-state index is 4.53. The summed E-state index contributed by atoms with van der Waals surface area (Å²) in [6, 6.07) is 3.98. The molecule has 0 radical (unpaired) electrons. The van der Waals surface area contributed by atoms with E-state index >= 15 is 0 Å². The molecular weight excluding hydrogens is 218 g/mol. The standard InChI is InChI=1S/C12H15N3S/c1-4-10-12(13-5-1)15-11(14-10)7-9-3-2-6-16-8-9/h1,4-5,9H,2-3,6-8H2,(H,13,14,15). The molecule has 0 spiro atoms. The molecule has 1 saturated heterocycles. The van der Waals surface area contributed by atoms with Gasteiger partial charge in [0.25, 0.3) is 0 Å². The highest BCUT2D eigenvalue weighted by atomic mass is 32.2. The van der Waals surface area contributed by atoms with Crippen molar-refractivity contribution in [1.82, 2.24) is 15.0 Å². The van der Waals surface area contributed by atoms with Gasteiger partial charge in [0.15, 0.2) is 5.65 Å². The van der Waals surface area contributed by atoms with Gasteiger partial charge in [0.2, 0.25) is 0 Å². The van der Waals surface area contributed by atoms with Crippen LogP contribution in [-0.4, -0.2) is 26.5 Å². The summed E-state index contributed by atoms with van der Waals surface area (Å²) in [7, 11) is 0. The summed E-state index contributed by atoms with van der Waals surface area (Å²) in [6.07, 6.45) is 5.57. The number of H-pyrrole nitrogens is 1. The maximum Gasteiger partial charge on any atom is 0.177 e. The molecule has 0 bridgehead atoms. The molecule has 84 valence electrons. The Bertz CT molecular complexity index is 441. The summed E-state index contributed by atoms with van der Waals surface area (Å²) >= 11 is 2.07. The summed E-state index contributed by atoms with van der Waals surface area (Å²) < 4.78 is 0. The first-order chi connectivity index (χ1) is 7.92. The van der Waals surface area contributed by atoms with E-state index in [0.29, 0.717) is 0 Å². The van der Waals surface area contributed by atoms with E-state index in [2.05, 4.69) is 26.7 Å². The highest BCUT2D eigenvalue weighted by Crippen LogP contribution is 2.25. The number of fused-ring (bicyclic) bond motifs is 1. The van der Waals surface area contributed by atoms with E-state index in [-0.39, 0.29) is 0 Å². The highest BCUT2D eigenvalue weighted by Gasteiger charge is 2.16. The molecule has 1 aliphatic heterocycles. The summed E-state index contributed by atoms with van der Waals surface area (Å²) in [5.41, 5.74) is 1.90. The summed E-state index contributed by atoms with van der Waals surface area (Å²) in [5.74, 6) is 4.50. The minimum absolute atomic E-state index is 0.791. The van der Waals surface area contributed by atoms with Crippen LogP contribution in [0.5, 0.6) is 0 Å². The summed E-state index contributed by atoms with van der Waals surface area (Å²) in [5, 5.41) is 0. The Morgan fingerprint density at radius 2 is 2.50 bits per heavy atom. The van der Waals surface area contributed by atoms with Gasteiger partial charge >= 0.3 is 0 Å². The summed E-state index contributed by atoms with van der Waals surface area (Å²) in [4.78, 5) is 12.1. The van der Waals surface area contributed by atoms with Crippen molar-refractivity contribution in [3.8, 4) is 0 Å². The van der Waals surface area contributed by atoms with Crippen molar-refractivity contribution in [2.24, 2.45) is 5.92 Å². The quantitative estimate of drug-likeness (QED) is 0.867. The van der Waals surface area contributed by atoms with Gasteiger partial charge < -0.3 is 4.98 Å². The number of aromatic nitrogens is 3. The molecule has 16 heavy (non-hydrogen) atoms. The zero-order valence-corrected chi connectivity index (χ0v) is 9.96. The lowest BCUT2D eigenvalue weighted by Crippen LogP contribution is -2.13. The fourth-order valence-corrected chi connectivity index (χ4v) is 3.39. The lowest BCUT2D eigenvalue weighted by molar-refractivity contribution is 0.511. The average Bonchev–Trinajstić information content (AvgIpc) is 2.72. The second kappa shape index (κ2) is 4.45. The van der Waals surface area contributed by atoms with E-state index in [4.69, 9.17) is 0 Å². The number of pyridine rings is 1. The minimum atomic E-state index is 0.791. The molecule has 0 aliphatic carbocycles. The zero-order valence-electron chi connectivity index (χ0n) is 9.15. The first-order valence-electron chi connectivity index (χ1n) is 5.79. The van der Waals surface area contributed by atoms with Crippen molar-refractivity contribution >= 4 is 22.9 Å². The van der Waals surface area contributed by atoms with Gasteiger partial charge in [-0.3, -0.25) is 0 Å². The first kappa shape index (κ1) is 10.1. The van der Waals surface area contributed by atoms with E-state index in [0.717, 1.165) is 29.3 Å². The van der Waals surface area contributed by atoms with E-state index < -0.39 is 0 Å². The van der Waals surface area contributed by atoms with Gasteiger partial charge in [-0.15, -0.1) is 0 Å². The smallest absolute Gasteiger partial charge is 0.177 e. The molecule has 2 aromatic rings. The van der Waals surface area contributed by atoms with Crippen molar-refractivity contribution in [2.45, 2.75) is 19.3 Å². The number of imidazole rings is 1. The van der Waals surface area contributed by atoms with Crippen LogP contribution in [0.2, 0.25) is 0 Å². The van der Waals surface area contributed by atoms with Crippen molar-refractivity contribution in [3.05, 3.63) is 24.2 Å². The van der Waals surface area contributed by atoms with Gasteiger partial charge in [-0.05, 0) is 42.4 Å². The van der Waals surface area contributed by atoms with Gasteiger partial charge in [0, 0.05) is 12.6 Å². The van der Waals surface area contributed by atoms with Crippen LogP contribution in [-0.2, 0) is 6.42 Å². The van der Waals surface area contributed by atoms with Crippen molar-refractivity contribution in [3.63, 3.8) is 0 Å². The maximum absolute atomic E-state index is 4.53. The molecule has 3 rings (SSSR count). The van der Waals surface area contributed by atoms with Gasteiger partial charge in [0.05, 0.1) is 5.52 Å². The third-order valence-corrected chi connectivity index (χ3v) is 4.33. The van der Waals surface area contributed by atoms with Crippen LogP contribution in [0.3, 0.4) is 0 Å². The Kier molecular flexibility index (Phi) is 2.82. The number of thioether (sulfide) groups is 1. The Hall–Kier alpha value is -1.03. The molecule has 1 unspecified atom stereocenters. The Morgan fingerprint density at radius 3 is 3.31 bits per heavy atom. The van der Waals surface area contributed by atoms with Gasteiger partial charge in [0.1, 0.15) is 5.82 Å². The van der Waals surface area contributed by atoms with Crippen LogP contribution in [0.15, 0.2) is 18.3 Å². The molecule has 1 aliphatic rings. The van der Waals surface area contributed by atoms with Gasteiger partial charge in [-0.2, -0.15) is 11.8 Å². The summed E-state index contributed by atoms with van der Waals surface area (Å²) in [6.45, 7) is 0. The predicted octanol–water partition coefficient (Wildman–Crippen LogP) is 2.64. The monoisotopic (exact) mass is 233 g/mol. The molecule has 0 amide bonds. The molecule has 0 aromatic carbocycles. The normalized spacial score (nSPS) is 21.4. The third kappa shape index (κ3) is 2.07. The topological polar surface area (TPSA) is 41.6 Å². The number of hydrogen-bond acceptors (Lipinski definition) is 3. The lowest BCUT2D eigenvalue weighted by atomic mass is 10.0. The zero-order chi connectivity index (χ0) is 10.8. The van der Waals surface area contributed by atoms with E-state index in [1.54, 1.807) is 6.20 Å². The Labute approximate surface area is 99.1 Å². The van der Waals surface area contributed by atoms with Crippen molar-refractivity contribution in [1.29, 1.82) is 0 Å². The number of nitrogens with zero attached hydrogens (tertiary/aromatic N) is 2. The van der Waals surface area contributed by atoms with E-state index in [9.17, 15) is 0 Å². The predicted molar refractivity (Wildman–Crippen MR) is 67.6 cm³/mol. The second-order valence-electron chi connectivity index (χ2n) is 4.35. The lowest BCUT2D eigenvalue weighted by Gasteiger charge is -2.19. The van der Waals surface area contributed by atoms with Crippen molar-refractivity contribution < 1.29 is 0 Å². The molecule has 2 aromatic heterocycles. The molecule has 3 heterocycles. The van der Waals surface area contributed by atoms with Crippen LogP contribution >= 0.6 is 11.8 Å². The van der Waals surface area contributed by atoms with Crippen LogP contribution in [0.4, 0.5) is 0 Å². The van der Waals surface area contributed by atoms with Crippen molar-refractivity contribution in [2.75, 3.05) is 11.5 Å². The largest absolute Gasteiger partial charge is 0.341 e. The van der Waals surface area contributed by atoms with Crippen LogP contribution in [0, 0.1) is 5.92 Å². The third-order valence-electron chi connectivity index (χ3n) is 3.04. The van der Waals surface area contributed by atoms with Crippen LogP contribution < -0.4 is 0 Å². The SMILES string of the molecule is c1cnc2nc(CC3CCCSC3)[nH]c2c1. The van der Waals surface area contributed by atoms with Gasteiger partial charge in [-0.1, -0.05) is 0 Å². The minimum Gasteiger partial charge on any atom is -0.341 e. The molecule has 4 heteroatoms. The van der Waals surface area contributed by atoms with Gasteiger partial charge in [-0.25, -0.2) is 9.97 Å². The van der Waals surface area contributed by atoms with Crippen LogP contribution in [0.1, 0.15) is 18.7 Å². The highest BCUT2D eigenvalue weighted by molar-refractivity contribution is 7.99. The average molecular weight is 233 g/mol.